The highest BCUT2D eigenvalue weighted by atomic mass is 32.2. The number of nitrogens with zero attached hydrogens (tertiary/aromatic N) is 2. The maximum atomic E-state index is 12.9. The molecule has 1 fully saturated rings. The molecule has 1 aliphatic rings. The van der Waals surface area contributed by atoms with E-state index in [1.54, 1.807) is 7.11 Å². The molecule has 4 nitrogen and oxygen atoms in total. The Labute approximate surface area is 163 Å². The first-order valence-corrected chi connectivity index (χ1v) is 10.1. The van der Waals surface area contributed by atoms with E-state index in [1.807, 2.05) is 53.6 Å². The van der Waals surface area contributed by atoms with Crippen molar-refractivity contribution in [2.24, 2.45) is 0 Å². The highest BCUT2D eigenvalue weighted by molar-refractivity contribution is 8.00. The number of methoxy groups -OCH3 is 1. The standard InChI is InChI=1S/C22H22N2O2S/c1-26-19-10-6-16(7-11-19)14-24(18-8-9-18)21(25)15-27-22-20-5-3-2-4-17(20)12-13-23-22/h2-7,10-13,18H,8-9,14-15H2,1H3. The van der Waals surface area contributed by atoms with Crippen molar-refractivity contribution in [1.82, 2.24) is 9.88 Å². The first-order chi connectivity index (χ1) is 13.2. The molecular weight excluding hydrogens is 356 g/mol. The molecule has 0 radical (unpaired) electrons. The van der Waals surface area contributed by atoms with Crippen LogP contribution in [0.15, 0.2) is 65.8 Å². The van der Waals surface area contributed by atoms with Gasteiger partial charge >= 0.3 is 0 Å². The predicted molar refractivity (Wildman–Crippen MR) is 109 cm³/mol. The van der Waals surface area contributed by atoms with Crippen LogP contribution in [0.1, 0.15) is 18.4 Å². The Balaban J connectivity index is 1.44. The smallest absolute Gasteiger partial charge is 0.233 e. The molecule has 5 heteroatoms. The number of carbonyl (C=O) groups excluding carboxylic acids is 1. The number of hydrogen-bond acceptors (Lipinski definition) is 4. The molecule has 0 saturated heterocycles. The van der Waals surface area contributed by atoms with Gasteiger partial charge in [-0.15, -0.1) is 0 Å². The Bertz CT molecular complexity index is 933. The molecule has 3 aromatic rings. The van der Waals surface area contributed by atoms with Crippen LogP contribution in [0.4, 0.5) is 0 Å². The van der Waals surface area contributed by atoms with E-state index >= 15 is 0 Å². The SMILES string of the molecule is COc1ccc(CN(C(=O)CSc2nccc3ccccc23)C2CC2)cc1. The maximum absolute atomic E-state index is 12.9. The molecule has 1 amide bonds. The summed E-state index contributed by atoms with van der Waals surface area (Å²) in [6, 6.07) is 18.5. The topological polar surface area (TPSA) is 42.4 Å². The molecule has 1 saturated carbocycles. The molecule has 1 aliphatic carbocycles. The number of hydrogen-bond donors (Lipinski definition) is 0. The van der Waals surface area contributed by atoms with Gasteiger partial charge in [0, 0.05) is 24.2 Å². The van der Waals surface area contributed by atoms with Crippen molar-refractivity contribution < 1.29 is 9.53 Å². The number of pyridine rings is 1. The fourth-order valence-corrected chi connectivity index (χ4v) is 4.06. The Morgan fingerprint density at radius 3 is 2.67 bits per heavy atom. The summed E-state index contributed by atoms with van der Waals surface area (Å²) >= 11 is 1.53. The van der Waals surface area contributed by atoms with Gasteiger partial charge in [-0.3, -0.25) is 4.79 Å². The minimum atomic E-state index is 0.174. The van der Waals surface area contributed by atoms with E-state index in [-0.39, 0.29) is 5.91 Å². The van der Waals surface area contributed by atoms with Crippen molar-refractivity contribution in [1.29, 1.82) is 0 Å². The number of benzene rings is 2. The maximum Gasteiger partial charge on any atom is 0.233 e. The summed E-state index contributed by atoms with van der Waals surface area (Å²) < 4.78 is 5.21. The van der Waals surface area contributed by atoms with Crippen LogP contribution in [0.5, 0.6) is 5.75 Å². The Hall–Kier alpha value is -2.53. The molecule has 0 aliphatic heterocycles. The number of aromatic nitrogens is 1. The van der Waals surface area contributed by atoms with Crippen LogP contribution in [-0.2, 0) is 11.3 Å². The van der Waals surface area contributed by atoms with Gasteiger partial charge in [-0.05, 0) is 42.0 Å². The minimum Gasteiger partial charge on any atom is -0.497 e. The Morgan fingerprint density at radius 2 is 1.93 bits per heavy atom. The van der Waals surface area contributed by atoms with Crippen LogP contribution in [0.3, 0.4) is 0 Å². The predicted octanol–water partition coefficient (Wildman–Crippen LogP) is 4.53. The van der Waals surface area contributed by atoms with Gasteiger partial charge in [0.2, 0.25) is 5.91 Å². The zero-order valence-corrected chi connectivity index (χ0v) is 16.1. The molecule has 4 rings (SSSR count). The number of ether oxygens (including phenoxy) is 1. The molecule has 1 aromatic heterocycles. The fourth-order valence-electron chi connectivity index (χ4n) is 3.15. The van der Waals surface area contributed by atoms with Crippen molar-refractivity contribution in [3.05, 3.63) is 66.4 Å². The van der Waals surface area contributed by atoms with Crippen molar-refractivity contribution >= 4 is 28.4 Å². The summed E-state index contributed by atoms with van der Waals surface area (Å²) in [6.45, 7) is 0.650. The first kappa shape index (κ1) is 17.9. The minimum absolute atomic E-state index is 0.174. The Morgan fingerprint density at radius 1 is 1.15 bits per heavy atom. The molecule has 0 spiro atoms. The van der Waals surface area contributed by atoms with Crippen LogP contribution in [-0.4, -0.2) is 34.7 Å². The van der Waals surface area contributed by atoms with Crippen LogP contribution in [0.2, 0.25) is 0 Å². The van der Waals surface area contributed by atoms with Crippen molar-refractivity contribution in [2.45, 2.75) is 30.5 Å². The lowest BCUT2D eigenvalue weighted by Crippen LogP contribution is -2.34. The molecule has 0 unspecified atom stereocenters. The van der Waals surface area contributed by atoms with Gasteiger partial charge < -0.3 is 9.64 Å². The summed E-state index contributed by atoms with van der Waals surface area (Å²) in [6.07, 6.45) is 4.00. The molecular formula is C22H22N2O2S. The van der Waals surface area contributed by atoms with E-state index < -0.39 is 0 Å². The first-order valence-electron chi connectivity index (χ1n) is 9.13. The normalized spacial score (nSPS) is 13.5. The van der Waals surface area contributed by atoms with Gasteiger partial charge in [0.25, 0.3) is 0 Å². The monoisotopic (exact) mass is 378 g/mol. The summed E-state index contributed by atoms with van der Waals surface area (Å²) in [5.74, 6) is 1.42. The van der Waals surface area contributed by atoms with Crippen LogP contribution in [0.25, 0.3) is 10.8 Å². The fraction of sp³-hybridized carbons (Fsp3) is 0.273. The van der Waals surface area contributed by atoms with Gasteiger partial charge in [-0.25, -0.2) is 4.98 Å². The van der Waals surface area contributed by atoms with Gasteiger partial charge in [0.15, 0.2) is 0 Å². The van der Waals surface area contributed by atoms with E-state index in [9.17, 15) is 4.79 Å². The third kappa shape index (κ3) is 4.25. The molecule has 0 atom stereocenters. The average molecular weight is 378 g/mol. The summed E-state index contributed by atoms with van der Waals surface area (Å²) in [5, 5.41) is 3.17. The highest BCUT2D eigenvalue weighted by Crippen LogP contribution is 2.31. The molecule has 0 N–H and O–H groups in total. The molecule has 138 valence electrons. The lowest BCUT2D eigenvalue weighted by Gasteiger charge is -2.22. The largest absolute Gasteiger partial charge is 0.497 e. The molecule has 1 heterocycles. The van der Waals surface area contributed by atoms with Crippen molar-refractivity contribution in [3.63, 3.8) is 0 Å². The second kappa shape index (κ2) is 8.01. The number of carbonyl (C=O) groups is 1. The average Bonchev–Trinajstić information content (AvgIpc) is 3.56. The molecule has 0 bridgehead atoms. The zero-order chi connectivity index (χ0) is 18.6. The lowest BCUT2D eigenvalue weighted by molar-refractivity contribution is -0.129. The van der Waals surface area contributed by atoms with E-state index in [1.165, 1.54) is 11.8 Å². The quantitative estimate of drug-likeness (QED) is 0.567. The van der Waals surface area contributed by atoms with Crippen molar-refractivity contribution in [2.75, 3.05) is 12.9 Å². The summed E-state index contributed by atoms with van der Waals surface area (Å²) in [7, 11) is 1.66. The van der Waals surface area contributed by atoms with Gasteiger partial charge in [0.1, 0.15) is 10.8 Å². The number of rotatable bonds is 7. The molecule has 27 heavy (non-hydrogen) atoms. The van der Waals surface area contributed by atoms with E-state index in [0.29, 0.717) is 18.3 Å². The second-order valence-corrected chi connectivity index (χ2v) is 7.69. The highest BCUT2D eigenvalue weighted by Gasteiger charge is 2.32. The third-order valence-corrected chi connectivity index (χ3v) is 5.78. The van der Waals surface area contributed by atoms with E-state index in [2.05, 4.69) is 17.1 Å². The van der Waals surface area contributed by atoms with E-state index in [0.717, 1.165) is 40.0 Å². The van der Waals surface area contributed by atoms with Gasteiger partial charge in [-0.1, -0.05) is 48.2 Å². The molecule has 2 aromatic carbocycles. The lowest BCUT2D eigenvalue weighted by atomic mass is 10.2. The van der Waals surface area contributed by atoms with Gasteiger partial charge in [0.05, 0.1) is 12.9 Å². The third-order valence-electron chi connectivity index (χ3n) is 4.79. The van der Waals surface area contributed by atoms with Crippen LogP contribution < -0.4 is 4.74 Å². The van der Waals surface area contributed by atoms with Crippen LogP contribution in [0, 0.1) is 0 Å². The number of amides is 1. The van der Waals surface area contributed by atoms with Crippen LogP contribution >= 0.6 is 11.8 Å². The van der Waals surface area contributed by atoms with E-state index in [4.69, 9.17) is 4.74 Å². The van der Waals surface area contributed by atoms with Gasteiger partial charge in [-0.2, -0.15) is 0 Å². The summed E-state index contributed by atoms with van der Waals surface area (Å²) in [5.41, 5.74) is 1.13. The Kier molecular flexibility index (Phi) is 5.30. The summed E-state index contributed by atoms with van der Waals surface area (Å²) in [4.78, 5) is 19.4. The second-order valence-electron chi connectivity index (χ2n) is 6.73. The van der Waals surface area contributed by atoms with Crippen molar-refractivity contribution in [3.8, 4) is 5.75 Å². The zero-order valence-electron chi connectivity index (χ0n) is 15.3. The number of fused-ring (bicyclic) bond motifs is 1. The number of thioether (sulfide) groups is 1.